The third-order valence-electron chi connectivity index (χ3n) is 2.32. The Morgan fingerprint density at radius 2 is 2.23 bits per heavy atom. The van der Waals surface area contributed by atoms with Crippen molar-refractivity contribution in [2.45, 2.75) is 18.4 Å². The zero-order valence-corrected chi connectivity index (χ0v) is 7.16. The van der Waals surface area contributed by atoms with E-state index in [-0.39, 0.29) is 11.6 Å². The number of anilines is 1. The number of rotatable bonds is 2. The van der Waals surface area contributed by atoms with E-state index in [0.717, 1.165) is 12.8 Å². The Morgan fingerprint density at radius 3 is 2.77 bits per heavy atom. The van der Waals surface area contributed by atoms with Gasteiger partial charge in [0.2, 0.25) is 0 Å². The summed E-state index contributed by atoms with van der Waals surface area (Å²) in [7, 11) is 0. The maximum Gasteiger partial charge on any atom is 0.186 e. The van der Waals surface area contributed by atoms with E-state index in [0.29, 0.717) is 5.56 Å². The highest BCUT2D eigenvalue weighted by Gasteiger charge is 2.46. The smallest absolute Gasteiger partial charge is 0.186 e. The molecule has 0 aromatic carbocycles. The van der Waals surface area contributed by atoms with Gasteiger partial charge in [-0.1, -0.05) is 0 Å². The maximum atomic E-state index is 11.7. The highest BCUT2D eigenvalue weighted by atomic mass is 16.1. The molecule has 68 valence electrons. The fourth-order valence-corrected chi connectivity index (χ4v) is 1.24. The lowest BCUT2D eigenvalue weighted by molar-refractivity contribution is 0.0950. The number of nitrogens with zero attached hydrogens (tertiary/aromatic N) is 1. The van der Waals surface area contributed by atoms with E-state index in [9.17, 15) is 4.79 Å². The van der Waals surface area contributed by atoms with Gasteiger partial charge in [0, 0.05) is 6.20 Å². The van der Waals surface area contributed by atoms with Crippen molar-refractivity contribution in [2.24, 2.45) is 5.73 Å². The summed E-state index contributed by atoms with van der Waals surface area (Å²) in [6.45, 7) is 0. The molecule has 1 aromatic heterocycles. The standard InChI is InChI=1S/C9H11N3O/c10-8-6(2-1-5-12-8)7(13)9(11)3-4-9/h1-2,5H,3-4,11H2,(H2,10,12). The van der Waals surface area contributed by atoms with Crippen molar-refractivity contribution in [1.29, 1.82) is 0 Å². The second-order valence-corrected chi connectivity index (χ2v) is 3.42. The molecule has 13 heavy (non-hydrogen) atoms. The van der Waals surface area contributed by atoms with E-state index >= 15 is 0 Å². The third kappa shape index (κ3) is 1.29. The quantitative estimate of drug-likeness (QED) is 0.638. The molecule has 0 aliphatic heterocycles. The molecule has 4 heteroatoms. The molecule has 0 atom stereocenters. The highest BCUT2D eigenvalue weighted by molar-refractivity contribution is 6.07. The fourth-order valence-electron chi connectivity index (χ4n) is 1.24. The molecule has 1 saturated carbocycles. The molecule has 1 fully saturated rings. The molecule has 1 aliphatic carbocycles. The van der Waals surface area contributed by atoms with Gasteiger partial charge in [0.15, 0.2) is 5.78 Å². The summed E-state index contributed by atoms with van der Waals surface area (Å²) in [5.74, 6) is 0.183. The van der Waals surface area contributed by atoms with Gasteiger partial charge in [-0.15, -0.1) is 0 Å². The number of pyridine rings is 1. The minimum absolute atomic E-state index is 0.0851. The lowest BCUT2D eigenvalue weighted by atomic mass is 10.0. The van der Waals surface area contributed by atoms with Crippen LogP contribution in [0.4, 0.5) is 5.82 Å². The number of ketones is 1. The second-order valence-electron chi connectivity index (χ2n) is 3.42. The Labute approximate surface area is 75.9 Å². The monoisotopic (exact) mass is 177 g/mol. The average molecular weight is 177 g/mol. The molecule has 0 saturated heterocycles. The molecule has 4 nitrogen and oxygen atoms in total. The first-order valence-electron chi connectivity index (χ1n) is 4.18. The lowest BCUT2D eigenvalue weighted by Gasteiger charge is -2.08. The Morgan fingerprint density at radius 1 is 1.54 bits per heavy atom. The summed E-state index contributed by atoms with van der Waals surface area (Å²) in [6, 6.07) is 3.35. The van der Waals surface area contributed by atoms with E-state index < -0.39 is 5.54 Å². The van der Waals surface area contributed by atoms with E-state index in [1.807, 2.05) is 0 Å². The van der Waals surface area contributed by atoms with Crippen LogP contribution in [-0.2, 0) is 0 Å². The molecule has 1 aliphatic rings. The number of nitrogen functional groups attached to an aromatic ring is 1. The minimum atomic E-state index is -0.656. The van der Waals surface area contributed by atoms with Gasteiger partial charge in [0.25, 0.3) is 0 Å². The molecule has 0 unspecified atom stereocenters. The molecule has 0 bridgehead atoms. The van der Waals surface area contributed by atoms with Gasteiger partial charge in [-0.2, -0.15) is 0 Å². The molecule has 4 N–H and O–H groups in total. The summed E-state index contributed by atoms with van der Waals surface area (Å²) < 4.78 is 0. The summed E-state index contributed by atoms with van der Waals surface area (Å²) in [5.41, 5.74) is 11.1. The molecule has 0 amide bonds. The predicted octanol–water partition coefficient (Wildman–Crippen LogP) is 0.338. The summed E-state index contributed by atoms with van der Waals surface area (Å²) in [6.07, 6.45) is 3.06. The van der Waals surface area contributed by atoms with Crippen LogP contribution in [0.15, 0.2) is 18.3 Å². The van der Waals surface area contributed by atoms with Crippen molar-refractivity contribution in [2.75, 3.05) is 5.73 Å². The Hall–Kier alpha value is -1.42. The summed E-state index contributed by atoms with van der Waals surface area (Å²) >= 11 is 0. The summed E-state index contributed by atoms with van der Waals surface area (Å²) in [5, 5.41) is 0. The Balaban J connectivity index is 2.36. The highest BCUT2D eigenvalue weighted by Crippen LogP contribution is 2.36. The zero-order chi connectivity index (χ0) is 9.47. The van der Waals surface area contributed by atoms with Crippen LogP contribution >= 0.6 is 0 Å². The first-order chi connectivity index (χ1) is 6.13. The number of nitrogens with two attached hydrogens (primary N) is 2. The van der Waals surface area contributed by atoms with Crippen LogP contribution in [0.2, 0.25) is 0 Å². The van der Waals surface area contributed by atoms with Crippen molar-refractivity contribution in [3.8, 4) is 0 Å². The Kier molecular flexibility index (Phi) is 1.60. The van der Waals surface area contributed by atoms with Gasteiger partial charge in [0.1, 0.15) is 5.82 Å². The first-order valence-corrected chi connectivity index (χ1v) is 4.18. The van der Waals surface area contributed by atoms with Gasteiger partial charge < -0.3 is 11.5 Å². The third-order valence-corrected chi connectivity index (χ3v) is 2.32. The molecule has 1 aromatic rings. The number of carbonyl (C=O) groups excluding carboxylic acids is 1. The van der Waals surface area contributed by atoms with Crippen LogP contribution < -0.4 is 11.5 Å². The molecule has 0 spiro atoms. The van der Waals surface area contributed by atoms with E-state index in [1.54, 1.807) is 18.3 Å². The molecule has 2 rings (SSSR count). The van der Waals surface area contributed by atoms with E-state index in [1.165, 1.54) is 0 Å². The van der Waals surface area contributed by atoms with Gasteiger partial charge in [-0.25, -0.2) is 4.98 Å². The van der Waals surface area contributed by atoms with Gasteiger partial charge in [-0.05, 0) is 25.0 Å². The fraction of sp³-hybridized carbons (Fsp3) is 0.333. The van der Waals surface area contributed by atoms with Crippen molar-refractivity contribution in [1.82, 2.24) is 4.98 Å². The SMILES string of the molecule is Nc1ncccc1C(=O)C1(N)CC1. The number of carbonyl (C=O) groups is 1. The number of hydrogen-bond donors (Lipinski definition) is 2. The van der Waals surface area contributed by atoms with Crippen LogP contribution in [-0.4, -0.2) is 16.3 Å². The number of hydrogen-bond acceptors (Lipinski definition) is 4. The Bertz CT molecular complexity index is 358. The maximum absolute atomic E-state index is 11.7. The van der Waals surface area contributed by atoms with Crippen LogP contribution in [0.25, 0.3) is 0 Å². The van der Waals surface area contributed by atoms with Crippen LogP contribution in [0.5, 0.6) is 0 Å². The number of aromatic nitrogens is 1. The first kappa shape index (κ1) is 8.19. The topological polar surface area (TPSA) is 82.0 Å². The van der Waals surface area contributed by atoms with Crippen molar-refractivity contribution >= 4 is 11.6 Å². The predicted molar refractivity (Wildman–Crippen MR) is 49.1 cm³/mol. The molecule has 1 heterocycles. The average Bonchev–Trinajstić information content (AvgIpc) is 2.85. The van der Waals surface area contributed by atoms with Crippen LogP contribution in [0.1, 0.15) is 23.2 Å². The summed E-state index contributed by atoms with van der Waals surface area (Å²) in [4.78, 5) is 15.5. The van der Waals surface area contributed by atoms with Gasteiger partial charge in [-0.3, -0.25) is 4.79 Å². The van der Waals surface area contributed by atoms with E-state index in [2.05, 4.69) is 4.98 Å². The molecular formula is C9H11N3O. The van der Waals surface area contributed by atoms with Crippen molar-refractivity contribution in [3.05, 3.63) is 23.9 Å². The van der Waals surface area contributed by atoms with Crippen molar-refractivity contribution < 1.29 is 4.79 Å². The lowest BCUT2D eigenvalue weighted by Crippen LogP contribution is -2.33. The zero-order valence-electron chi connectivity index (χ0n) is 7.16. The minimum Gasteiger partial charge on any atom is -0.383 e. The molecule has 0 radical (unpaired) electrons. The molecular weight excluding hydrogens is 166 g/mol. The van der Waals surface area contributed by atoms with E-state index in [4.69, 9.17) is 11.5 Å². The van der Waals surface area contributed by atoms with Crippen LogP contribution in [0.3, 0.4) is 0 Å². The van der Waals surface area contributed by atoms with Crippen LogP contribution in [0, 0.1) is 0 Å². The number of Topliss-reactive ketones (excluding diaryl/α,β-unsaturated/α-hetero) is 1. The van der Waals surface area contributed by atoms with Gasteiger partial charge >= 0.3 is 0 Å². The normalized spacial score (nSPS) is 18.2. The second kappa shape index (κ2) is 2.53. The van der Waals surface area contributed by atoms with Crippen molar-refractivity contribution in [3.63, 3.8) is 0 Å². The largest absolute Gasteiger partial charge is 0.383 e. The van der Waals surface area contributed by atoms with Gasteiger partial charge in [0.05, 0.1) is 11.1 Å².